The van der Waals surface area contributed by atoms with Crippen LogP contribution in [0.2, 0.25) is 0 Å². The first-order valence-electron chi connectivity index (χ1n) is 10.6. The zero-order chi connectivity index (χ0) is 24.7. The zero-order valence-corrected chi connectivity index (χ0v) is 18.4. The monoisotopic (exact) mass is 480 g/mol. The van der Waals surface area contributed by atoms with E-state index in [9.17, 15) is 23.1 Å². The maximum Gasteiger partial charge on any atom is 0.433 e. The number of hydrogen-bond donors (Lipinski definition) is 2. The summed E-state index contributed by atoms with van der Waals surface area (Å²) in [5.74, 6) is -0.405. The number of aryl methyl sites for hydroxylation is 1. The minimum atomic E-state index is -4.54. The Morgan fingerprint density at radius 3 is 2.60 bits per heavy atom. The van der Waals surface area contributed by atoms with Crippen molar-refractivity contribution in [1.82, 2.24) is 29.6 Å². The van der Waals surface area contributed by atoms with Gasteiger partial charge >= 0.3 is 6.18 Å². The molecule has 0 saturated heterocycles. The predicted octanol–water partition coefficient (Wildman–Crippen LogP) is 3.79. The molecule has 1 amide bonds. The molecule has 2 N–H and O–H groups in total. The van der Waals surface area contributed by atoms with Crippen LogP contribution < -0.4 is 5.32 Å². The Labute approximate surface area is 196 Å². The number of fused-ring (bicyclic) bond motifs is 3. The minimum Gasteiger partial charge on any atom is -0.394 e. The summed E-state index contributed by atoms with van der Waals surface area (Å²) in [6.07, 6.45) is -0.0385. The van der Waals surface area contributed by atoms with Gasteiger partial charge in [-0.25, -0.2) is 4.98 Å². The molecule has 1 atom stereocenters. The molecule has 0 spiro atoms. The van der Waals surface area contributed by atoms with E-state index in [-0.39, 0.29) is 6.61 Å². The molecular weight excluding hydrogens is 461 g/mol. The molecule has 8 nitrogen and oxygen atoms in total. The number of pyridine rings is 2. The van der Waals surface area contributed by atoms with Crippen LogP contribution in [0.15, 0.2) is 67.1 Å². The summed E-state index contributed by atoms with van der Waals surface area (Å²) in [5.41, 5.74) is 1.47. The van der Waals surface area contributed by atoms with Crippen LogP contribution >= 0.6 is 0 Å². The van der Waals surface area contributed by atoms with Crippen molar-refractivity contribution in [1.29, 1.82) is 0 Å². The van der Waals surface area contributed by atoms with Gasteiger partial charge in [-0.1, -0.05) is 6.07 Å². The van der Waals surface area contributed by atoms with Crippen molar-refractivity contribution in [2.75, 3.05) is 6.61 Å². The number of hydrogen-bond acceptors (Lipinski definition) is 5. The van der Waals surface area contributed by atoms with Crippen LogP contribution in [-0.4, -0.2) is 41.9 Å². The molecule has 1 aromatic carbocycles. The number of carbonyl (C=O) groups excluding carboxylic acids is 1. The molecule has 4 aromatic heterocycles. The summed E-state index contributed by atoms with van der Waals surface area (Å²) >= 11 is 0. The molecule has 0 bridgehead atoms. The van der Waals surface area contributed by atoms with E-state index >= 15 is 0 Å². The van der Waals surface area contributed by atoms with Gasteiger partial charge in [-0.05, 0) is 42.5 Å². The van der Waals surface area contributed by atoms with Crippen LogP contribution in [0.4, 0.5) is 13.2 Å². The highest BCUT2D eigenvalue weighted by atomic mass is 19.4. The number of rotatable bonds is 5. The molecule has 4 heterocycles. The summed E-state index contributed by atoms with van der Waals surface area (Å²) in [6.45, 7) is -0.324. The fraction of sp³-hybridized carbons (Fsp3) is 0.167. The molecule has 0 radical (unpaired) electrons. The van der Waals surface area contributed by atoms with Gasteiger partial charge in [0.15, 0.2) is 5.65 Å². The molecule has 0 unspecified atom stereocenters. The Kier molecular flexibility index (Phi) is 5.48. The normalized spacial score (nSPS) is 12.8. The molecule has 5 aromatic rings. The summed E-state index contributed by atoms with van der Waals surface area (Å²) in [5, 5.41) is 18.4. The first kappa shape index (κ1) is 22.5. The fourth-order valence-electron chi connectivity index (χ4n) is 4.02. The first-order chi connectivity index (χ1) is 16.8. The van der Waals surface area contributed by atoms with Crippen molar-refractivity contribution < 1.29 is 23.1 Å². The number of nitrogens with one attached hydrogen (secondary N) is 1. The molecule has 0 saturated carbocycles. The smallest absolute Gasteiger partial charge is 0.394 e. The standard InChI is InChI=1S/C24H19F3N6O2/c1-32-12-17-16-10-14(23(35)30-19(13-34)18-4-2-3-9-28-18)5-7-20(16)33(22(17)31-32)15-6-8-21(29-11-15)24(25,26)27/h2-12,19,34H,13H2,1H3,(H,30,35)/t19-/m1/s1. The molecule has 5 rings (SSSR count). The number of carbonyl (C=O) groups is 1. The Bertz CT molecular complexity index is 1520. The maximum absolute atomic E-state index is 13.0. The third-order valence-electron chi connectivity index (χ3n) is 5.64. The van der Waals surface area contributed by atoms with Crippen molar-refractivity contribution >= 4 is 27.8 Å². The number of alkyl halides is 3. The van der Waals surface area contributed by atoms with Gasteiger partial charge in [0, 0.05) is 35.8 Å². The second-order valence-corrected chi connectivity index (χ2v) is 7.97. The number of nitrogens with zero attached hydrogens (tertiary/aromatic N) is 5. The van der Waals surface area contributed by atoms with E-state index in [0.717, 1.165) is 17.6 Å². The van der Waals surface area contributed by atoms with Crippen LogP contribution in [0.5, 0.6) is 0 Å². The number of benzene rings is 1. The third kappa shape index (κ3) is 4.10. The van der Waals surface area contributed by atoms with E-state index in [0.29, 0.717) is 33.5 Å². The number of aromatic nitrogens is 5. The highest BCUT2D eigenvalue weighted by molar-refractivity contribution is 6.10. The Hall–Kier alpha value is -4.25. The van der Waals surface area contributed by atoms with Crippen molar-refractivity contribution in [3.63, 3.8) is 0 Å². The lowest BCUT2D eigenvalue weighted by molar-refractivity contribution is -0.141. The fourth-order valence-corrected chi connectivity index (χ4v) is 4.02. The van der Waals surface area contributed by atoms with Crippen LogP contribution in [0.1, 0.15) is 27.8 Å². The third-order valence-corrected chi connectivity index (χ3v) is 5.64. The largest absolute Gasteiger partial charge is 0.433 e. The molecule has 0 fully saturated rings. The molecule has 0 aliphatic heterocycles. The summed E-state index contributed by atoms with van der Waals surface area (Å²) < 4.78 is 42.2. The molecule has 0 aliphatic rings. The number of halogens is 3. The SMILES string of the molecule is Cn1cc2c3cc(C(=O)N[C@H](CO)c4ccccn4)ccc3n(-c3ccc(C(F)(F)F)nc3)c2n1. The lowest BCUT2D eigenvalue weighted by atomic mass is 10.1. The van der Waals surface area contributed by atoms with Gasteiger partial charge in [0.25, 0.3) is 5.91 Å². The van der Waals surface area contributed by atoms with E-state index in [1.807, 2.05) is 0 Å². The molecule has 35 heavy (non-hydrogen) atoms. The van der Waals surface area contributed by atoms with Crippen molar-refractivity contribution in [3.8, 4) is 5.69 Å². The van der Waals surface area contributed by atoms with Crippen LogP contribution in [0, 0.1) is 0 Å². The van der Waals surface area contributed by atoms with E-state index in [1.165, 1.54) is 6.07 Å². The van der Waals surface area contributed by atoms with Crippen molar-refractivity contribution in [2.45, 2.75) is 12.2 Å². The van der Waals surface area contributed by atoms with Crippen molar-refractivity contribution in [3.05, 3.63) is 84.1 Å². The summed E-state index contributed by atoms with van der Waals surface area (Å²) in [7, 11) is 1.73. The predicted molar refractivity (Wildman–Crippen MR) is 122 cm³/mol. The van der Waals surface area contributed by atoms with Crippen LogP contribution in [0.25, 0.3) is 27.6 Å². The topological polar surface area (TPSA) is 97.9 Å². The second-order valence-electron chi connectivity index (χ2n) is 7.97. The van der Waals surface area contributed by atoms with Crippen LogP contribution in [-0.2, 0) is 13.2 Å². The highest BCUT2D eigenvalue weighted by Gasteiger charge is 2.32. The summed E-state index contributed by atoms with van der Waals surface area (Å²) in [6, 6.07) is 11.8. The van der Waals surface area contributed by atoms with Gasteiger partial charge in [-0.2, -0.15) is 18.3 Å². The van der Waals surface area contributed by atoms with E-state index in [1.54, 1.807) is 65.1 Å². The van der Waals surface area contributed by atoms with E-state index in [4.69, 9.17) is 0 Å². The Morgan fingerprint density at radius 2 is 1.94 bits per heavy atom. The highest BCUT2D eigenvalue weighted by Crippen LogP contribution is 2.33. The van der Waals surface area contributed by atoms with E-state index < -0.39 is 23.8 Å². The second kappa shape index (κ2) is 8.51. The Balaban J connectivity index is 1.56. The average molecular weight is 480 g/mol. The van der Waals surface area contributed by atoms with Gasteiger partial charge in [0.05, 0.1) is 35.7 Å². The quantitative estimate of drug-likeness (QED) is 0.399. The van der Waals surface area contributed by atoms with Crippen molar-refractivity contribution in [2.24, 2.45) is 7.05 Å². The van der Waals surface area contributed by atoms with E-state index in [2.05, 4.69) is 20.4 Å². The first-order valence-corrected chi connectivity index (χ1v) is 10.6. The number of aliphatic hydroxyl groups is 1. The van der Waals surface area contributed by atoms with Gasteiger partial charge in [0.2, 0.25) is 0 Å². The van der Waals surface area contributed by atoms with Crippen LogP contribution in [0.3, 0.4) is 0 Å². The molecule has 178 valence electrons. The minimum absolute atomic E-state index is 0.324. The van der Waals surface area contributed by atoms with Gasteiger partial charge in [-0.3, -0.25) is 19.0 Å². The molecule has 0 aliphatic carbocycles. The molecular formula is C24H19F3N6O2. The maximum atomic E-state index is 13.0. The Morgan fingerprint density at radius 1 is 1.11 bits per heavy atom. The zero-order valence-electron chi connectivity index (χ0n) is 18.4. The summed E-state index contributed by atoms with van der Waals surface area (Å²) in [4.78, 5) is 20.7. The number of amides is 1. The van der Waals surface area contributed by atoms with Gasteiger partial charge < -0.3 is 10.4 Å². The lowest BCUT2D eigenvalue weighted by Gasteiger charge is -2.16. The lowest BCUT2D eigenvalue weighted by Crippen LogP contribution is -2.31. The van der Waals surface area contributed by atoms with Gasteiger partial charge in [0.1, 0.15) is 5.69 Å². The average Bonchev–Trinajstić information content (AvgIpc) is 3.36. The molecule has 11 heteroatoms. The van der Waals surface area contributed by atoms with Gasteiger partial charge in [-0.15, -0.1) is 0 Å². The number of aliphatic hydroxyl groups excluding tert-OH is 1.